The van der Waals surface area contributed by atoms with Gasteiger partial charge < -0.3 is 0 Å². The van der Waals surface area contributed by atoms with Gasteiger partial charge in [0.2, 0.25) is 11.8 Å². The first kappa shape index (κ1) is 19.4. The van der Waals surface area contributed by atoms with E-state index in [2.05, 4.69) is 10.9 Å². The Balaban J connectivity index is 0.000000161. The van der Waals surface area contributed by atoms with E-state index in [1.165, 1.54) is 0 Å². The summed E-state index contributed by atoms with van der Waals surface area (Å²) in [5.41, 5.74) is 6.99. The van der Waals surface area contributed by atoms with Crippen molar-refractivity contribution in [1.82, 2.24) is 10.9 Å². The molecule has 4 rings (SSSR count). The Morgan fingerprint density at radius 2 is 1.07 bits per heavy atom. The van der Waals surface area contributed by atoms with Gasteiger partial charge in [0.25, 0.3) is 0 Å². The van der Waals surface area contributed by atoms with E-state index in [1.54, 1.807) is 36.4 Å². The number of nitrogens with one attached hydrogen (secondary N) is 2. The molecule has 2 aliphatic rings. The molecule has 8 nitrogen and oxygen atoms in total. The van der Waals surface area contributed by atoms with Crippen LogP contribution in [0.4, 0.5) is 0 Å². The van der Waals surface area contributed by atoms with Gasteiger partial charge in [0.05, 0.1) is 11.8 Å². The molecule has 0 saturated heterocycles. The number of carbonyl (C=O) groups is 4. The standard InChI is InChI=1S/2C10H10N2O2/c2*11-12-10(14)8-5-9(13)7-4-2-1-3-6(7)8/h2*1-4,8H,5,11H2,(H,12,14)/t2*8-/m10/s1. The summed E-state index contributed by atoms with van der Waals surface area (Å²) in [6.45, 7) is 0. The molecule has 144 valence electrons. The van der Waals surface area contributed by atoms with Crippen LogP contribution in [0, 0.1) is 0 Å². The van der Waals surface area contributed by atoms with Gasteiger partial charge in [-0.2, -0.15) is 0 Å². The zero-order valence-corrected chi connectivity index (χ0v) is 15.0. The highest BCUT2D eigenvalue weighted by atomic mass is 16.2. The monoisotopic (exact) mass is 380 g/mol. The van der Waals surface area contributed by atoms with Crippen molar-refractivity contribution >= 4 is 23.4 Å². The van der Waals surface area contributed by atoms with Gasteiger partial charge in [-0.3, -0.25) is 30.0 Å². The highest BCUT2D eigenvalue weighted by Gasteiger charge is 2.34. The molecule has 2 aromatic carbocycles. The first-order valence-corrected chi connectivity index (χ1v) is 8.73. The molecular formula is C20H20N4O4. The summed E-state index contributed by atoms with van der Waals surface area (Å²) in [7, 11) is 0. The molecule has 0 radical (unpaired) electrons. The van der Waals surface area contributed by atoms with Crippen LogP contribution in [0.2, 0.25) is 0 Å². The third kappa shape index (κ3) is 3.55. The second-order valence-electron chi connectivity index (χ2n) is 6.55. The van der Waals surface area contributed by atoms with Crippen LogP contribution >= 0.6 is 0 Å². The van der Waals surface area contributed by atoms with E-state index in [9.17, 15) is 19.2 Å². The second kappa shape index (κ2) is 8.12. The van der Waals surface area contributed by atoms with Crippen molar-refractivity contribution in [3.05, 3.63) is 70.8 Å². The molecule has 2 atom stereocenters. The van der Waals surface area contributed by atoms with Crippen LogP contribution in [0.25, 0.3) is 0 Å². The molecular weight excluding hydrogens is 360 g/mol. The van der Waals surface area contributed by atoms with Crippen molar-refractivity contribution in [3.63, 3.8) is 0 Å². The number of amides is 2. The topological polar surface area (TPSA) is 144 Å². The normalized spacial score (nSPS) is 19.2. The summed E-state index contributed by atoms with van der Waals surface area (Å²) < 4.78 is 0. The average molecular weight is 380 g/mol. The maximum atomic E-state index is 11.5. The largest absolute Gasteiger partial charge is 0.294 e. The quantitative estimate of drug-likeness (QED) is 0.343. The van der Waals surface area contributed by atoms with E-state index < -0.39 is 11.8 Å². The van der Waals surface area contributed by atoms with Gasteiger partial charge in [0.1, 0.15) is 0 Å². The third-order valence-corrected chi connectivity index (χ3v) is 4.97. The summed E-state index contributed by atoms with van der Waals surface area (Å²) in [6.07, 6.45) is 0.449. The molecule has 0 spiro atoms. The number of nitrogens with two attached hydrogens (primary N) is 2. The van der Waals surface area contributed by atoms with Gasteiger partial charge in [-0.1, -0.05) is 48.5 Å². The molecule has 6 N–H and O–H groups in total. The molecule has 0 unspecified atom stereocenters. The molecule has 0 bridgehead atoms. The fraction of sp³-hybridized carbons (Fsp3) is 0.200. The molecule has 0 saturated carbocycles. The number of carbonyl (C=O) groups excluding carboxylic acids is 4. The molecule has 2 aromatic rings. The minimum atomic E-state index is -0.413. The lowest BCUT2D eigenvalue weighted by Crippen LogP contribution is -2.34. The summed E-state index contributed by atoms with van der Waals surface area (Å²) in [5.74, 6) is 8.67. The zero-order valence-electron chi connectivity index (χ0n) is 15.0. The molecule has 28 heavy (non-hydrogen) atoms. The lowest BCUT2D eigenvalue weighted by atomic mass is 10.0. The Kier molecular flexibility index (Phi) is 5.62. The number of benzene rings is 2. The lowest BCUT2D eigenvalue weighted by Gasteiger charge is -2.07. The van der Waals surface area contributed by atoms with Gasteiger partial charge in [-0.05, 0) is 11.1 Å². The van der Waals surface area contributed by atoms with Gasteiger partial charge in [0, 0.05) is 24.0 Å². The maximum Gasteiger partial charge on any atom is 0.241 e. The lowest BCUT2D eigenvalue weighted by molar-refractivity contribution is -0.123. The first-order chi connectivity index (χ1) is 13.5. The van der Waals surface area contributed by atoms with Gasteiger partial charge in [0.15, 0.2) is 11.6 Å². The van der Waals surface area contributed by atoms with E-state index in [1.807, 2.05) is 12.1 Å². The molecule has 0 fully saturated rings. The molecule has 0 aromatic heterocycles. The molecule has 2 aliphatic carbocycles. The fourth-order valence-electron chi connectivity index (χ4n) is 3.59. The number of rotatable bonds is 2. The predicted octanol–water partition coefficient (Wildman–Crippen LogP) is 0.693. The van der Waals surface area contributed by atoms with Crippen molar-refractivity contribution in [2.75, 3.05) is 0 Å². The molecule has 2 amide bonds. The van der Waals surface area contributed by atoms with Crippen LogP contribution in [-0.2, 0) is 9.59 Å². The molecule has 8 heteroatoms. The first-order valence-electron chi connectivity index (χ1n) is 8.73. The van der Waals surface area contributed by atoms with Gasteiger partial charge in [-0.25, -0.2) is 11.7 Å². The minimum Gasteiger partial charge on any atom is -0.294 e. The van der Waals surface area contributed by atoms with Crippen molar-refractivity contribution in [3.8, 4) is 0 Å². The Hall–Kier alpha value is -3.36. The summed E-state index contributed by atoms with van der Waals surface area (Å²) in [5, 5.41) is 0. The summed E-state index contributed by atoms with van der Waals surface area (Å²) >= 11 is 0. The van der Waals surface area contributed by atoms with Crippen LogP contribution in [0.15, 0.2) is 48.5 Å². The Bertz CT molecular complexity index is 879. The number of ketones is 2. The highest BCUT2D eigenvalue weighted by Crippen LogP contribution is 2.33. The van der Waals surface area contributed by atoms with E-state index in [4.69, 9.17) is 11.7 Å². The van der Waals surface area contributed by atoms with Gasteiger partial charge in [-0.15, -0.1) is 0 Å². The second-order valence-corrected chi connectivity index (χ2v) is 6.55. The van der Waals surface area contributed by atoms with Gasteiger partial charge >= 0.3 is 0 Å². The molecule has 0 heterocycles. The Morgan fingerprint density at radius 1 is 0.714 bits per heavy atom. The molecule has 0 aliphatic heterocycles. The average Bonchev–Trinajstić information content (AvgIpc) is 3.25. The van der Waals surface area contributed by atoms with E-state index in [-0.39, 0.29) is 36.2 Å². The SMILES string of the molecule is NNC(=O)[C@@H]1CC(=O)c2ccccc21.NNC(=O)[C@H]1CC(=O)c2ccccc21. The Morgan fingerprint density at radius 3 is 1.43 bits per heavy atom. The van der Waals surface area contributed by atoms with E-state index in [0.717, 1.165) is 11.1 Å². The fourth-order valence-corrected chi connectivity index (χ4v) is 3.59. The Labute approximate surface area is 161 Å². The van der Waals surface area contributed by atoms with Crippen molar-refractivity contribution in [2.24, 2.45) is 11.7 Å². The predicted molar refractivity (Wildman–Crippen MR) is 101 cm³/mol. The number of fused-ring (bicyclic) bond motifs is 2. The van der Waals surface area contributed by atoms with Crippen LogP contribution in [0.3, 0.4) is 0 Å². The number of hydrogen-bond donors (Lipinski definition) is 4. The summed E-state index contributed by atoms with van der Waals surface area (Å²) in [6, 6.07) is 14.3. The highest BCUT2D eigenvalue weighted by molar-refractivity contribution is 6.07. The van der Waals surface area contributed by atoms with Crippen molar-refractivity contribution in [1.29, 1.82) is 0 Å². The van der Waals surface area contributed by atoms with Crippen LogP contribution in [0.1, 0.15) is 56.5 Å². The van der Waals surface area contributed by atoms with Crippen molar-refractivity contribution < 1.29 is 19.2 Å². The van der Waals surface area contributed by atoms with E-state index >= 15 is 0 Å². The minimum absolute atomic E-state index is 0.00852. The number of hydrogen-bond acceptors (Lipinski definition) is 6. The summed E-state index contributed by atoms with van der Waals surface area (Å²) in [4.78, 5) is 45.6. The van der Waals surface area contributed by atoms with Crippen LogP contribution in [0.5, 0.6) is 0 Å². The maximum absolute atomic E-state index is 11.5. The van der Waals surface area contributed by atoms with Crippen LogP contribution in [-0.4, -0.2) is 23.4 Å². The van der Waals surface area contributed by atoms with Crippen molar-refractivity contribution in [2.45, 2.75) is 24.7 Å². The third-order valence-electron chi connectivity index (χ3n) is 4.97. The van der Waals surface area contributed by atoms with Crippen LogP contribution < -0.4 is 22.5 Å². The van der Waals surface area contributed by atoms with E-state index in [0.29, 0.717) is 11.1 Å². The number of Topliss-reactive ketones (excluding diaryl/α,β-unsaturated/α-hetero) is 2. The number of hydrazine groups is 2. The smallest absolute Gasteiger partial charge is 0.241 e. The zero-order chi connectivity index (χ0) is 20.3.